The molecule has 1 aliphatic rings. The molecule has 0 aliphatic carbocycles. The van der Waals surface area contributed by atoms with Gasteiger partial charge in [-0.3, -0.25) is 38.4 Å². The standard InChI is InChI=1S/C5H9NO4.C5H9NO2.C5H11NO2.C4H9NO3.C3H7NO3.C3H7NO2.C2H5NO2/c6-3(5(9)10)1-2-4(7)8;7-5(8)4-2-1-3-6-4;1-3(2)4(6)5(7)8;1-2(6)3(5)4(7)8;4-2(1-5)3(6)7;1-2(4)3(5)6;3-1-2(4)5/h3H,1-2,6H2,(H,7,8)(H,9,10);4,6H,1-3H2,(H,7,8);3-4H,6H2,1-2H3,(H,7,8);2-3,6H,5H2,1H3,(H,7,8);2,5H,1,4H2,(H,6,7);2H,4H2,1H3,(H,5,6);1,3H2,(H,4,5)/t;4-;;;;;/m.0...../s1. The lowest BCUT2D eigenvalue weighted by Crippen LogP contribution is -2.39. The maximum Gasteiger partial charge on any atom is 0.323 e. The van der Waals surface area contributed by atoms with Crippen LogP contribution in [0.5, 0.6) is 0 Å². The largest absolute Gasteiger partial charge is 0.481 e. The molecule has 0 aromatic carbocycles. The highest BCUT2D eigenvalue weighted by Gasteiger charge is 2.20. The van der Waals surface area contributed by atoms with Crippen LogP contribution in [0.1, 0.15) is 53.4 Å². The van der Waals surface area contributed by atoms with Crippen LogP contribution < -0.4 is 39.7 Å². The van der Waals surface area contributed by atoms with E-state index in [0.29, 0.717) is 0 Å². The van der Waals surface area contributed by atoms with Gasteiger partial charge in [-0.05, 0) is 45.6 Å². The van der Waals surface area contributed by atoms with Crippen molar-refractivity contribution in [3.8, 4) is 0 Å². The maximum atomic E-state index is 10.1. The molecule has 25 nitrogen and oxygen atoms in total. The first kappa shape index (κ1) is 59.5. The van der Waals surface area contributed by atoms with Crippen LogP contribution in [0.15, 0.2) is 0 Å². The summed E-state index contributed by atoms with van der Waals surface area (Å²) in [6, 6.07) is -5.05. The maximum absolute atomic E-state index is 10.1. The summed E-state index contributed by atoms with van der Waals surface area (Å²) < 4.78 is 0. The lowest BCUT2D eigenvalue weighted by atomic mass is 10.1. The second-order valence-corrected chi connectivity index (χ2v) is 10.4. The molecule has 1 heterocycles. The highest BCUT2D eigenvalue weighted by molar-refractivity contribution is 5.75. The van der Waals surface area contributed by atoms with E-state index in [1.165, 1.54) is 13.8 Å². The molecule has 1 fully saturated rings. The molecule has 1 aliphatic heterocycles. The number of carbonyl (C=O) groups is 8. The zero-order valence-corrected chi connectivity index (χ0v) is 29.3. The van der Waals surface area contributed by atoms with E-state index in [2.05, 4.69) is 11.1 Å². The monoisotopic (exact) mass is 767 g/mol. The summed E-state index contributed by atoms with van der Waals surface area (Å²) in [7, 11) is 0. The molecular weight excluding hydrogens is 710 g/mol. The summed E-state index contributed by atoms with van der Waals surface area (Å²) in [5.74, 6) is -8.12. The van der Waals surface area contributed by atoms with Crippen LogP contribution in [0, 0.1) is 5.92 Å². The van der Waals surface area contributed by atoms with Crippen LogP contribution in [0.3, 0.4) is 0 Å². The van der Waals surface area contributed by atoms with Crippen LogP contribution >= 0.6 is 0 Å². The molecule has 6 unspecified atom stereocenters. The van der Waals surface area contributed by atoms with Crippen LogP contribution in [0.2, 0.25) is 0 Å². The molecule has 308 valence electrons. The average molecular weight is 768 g/mol. The highest BCUT2D eigenvalue weighted by Crippen LogP contribution is 2.03. The SMILES string of the molecule is CC(C)C(N)C(=O)O.CC(N)C(=O)O.CC(O)C(N)C(=O)O.NC(CCC(=O)O)C(=O)O.NC(CO)C(=O)O.NCC(=O)O.O=C(O)[C@@H]1CCCN1. The third kappa shape index (κ3) is 47.5. The van der Waals surface area contributed by atoms with Crippen molar-refractivity contribution in [1.29, 1.82) is 0 Å². The van der Waals surface area contributed by atoms with Gasteiger partial charge in [0, 0.05) is 6.42 Å². The summed E-state index contributed by atoms with van der Waals surface area (Å²) in [6.07, 6.45) is 0.581. The minimum absolute atomic E-state index is 0.0208. The molecule has 1 rings (SSSR count). The minimum Gasteiger partial charge on any atom is -0.481 e. The second kappa shape index (κ2) is 36.2. The number of aliphatic hydroxyl groups excluding tert-OH is 2. The summed E-state index contributed by atoms with van der Waals surface area (Å²) in [6.45, 7) is 6.38. The molecule has 0 radical (unpaired) electrons. The van der Waals surface area contributed by atoms with E-state index < -0.39 is 90.7 Å². The Labute approximate surface area is 298 Å². The number of hydrogen-bond donors (Lipinski definition) is 17. The predicted molar refractivity (Wildman–Crippen MR) is 180 cm³/mol. The van der Waals surface area contributed by atoms with Crippen molar-refractivity contribution in [3.63, 3.8) is 0 Å². The molecule has 52 heavy (non-hydrogen) atoms. The van der Waals surface area contributed by atoms with Gasteiger partial charge < -0.3 is 90.8 Å². The molecule has 1 saturated heterocycles. The van der Waals surface area contributed by atoms with Gasteiger partial charge in [0.25, 0.3) is 0 Å². The quantitative estimate of drug-likeness (QED) is 0.0832. The fourth-order valence-electron chi connectivity index (χ4n) is 1.87. The predicted octanol–water partition coefficient (Wildman–Crippen LogP) is -5.24. The Kier molecular flexibility index (Phi) is 41.4. The molecule has 0 aromatic heterocycles. The number of carboxylic acid groups (broad SMARTS) is 8. The Morgan fingerprint density at radius 3 is 1.13 bits per heavy atom. The topological polar surface area (TPSA) is 507 Å². The van der Waals surface area contributed by atoms with Crippen LogP contribution in [-0.4, -0.2) is 161 Å². The number of nitrogens with two attached hydrogens (primary N) is 6. The molecule has 23 N–H and O–H groups in total. The zero-order chi connectivity index (χ0) is 42.9. The normalized spacial score (nSPS) is 15.7. The van der Waals surface area contributed by atoms with Crippen LogP contribution in [0.4, 0.5) is 0 Å². The summed E-state index contributed by atoms with van der Waals surface area (Å²) in [5.41, 5.74) is 29.2. The van der Waals surface area contributed by atoms with Gasteiger partial charge in [-0.1, -0.05) is 13.8 Å². The second-order valence-electron chi connectivity index (χ2n) is 10.4. The number of hydrogen-bond acceptors (Lipinski definition) is 17. The summed E-state index contributed by atoms with van der Waals surface area (Å²) >= 11 is 0. The van der Waals surface area contributed by atoms with Crippen molar-refractivity contribution in [2.75, 3.05) is 19.7 Å². The Morgan fingerprint density at radius 1 is 0.654 bits per heavy atom. The molecule has 0 amide bonds. The van der Waals surface area contributed by atoms with Crippen molar-refractivity contribution in [2.24, 2.45) is 40.3 Å². The van der Waals surface area contributed by atoms with Gasteiger partial charge in [0.1, 0.15) is 36.3 Å². The third-order valence-electron chi connectivity index (χ3n) is 5.23. The van der Waals surface area contributed by atoms with Crippen molar-refractivity contribution in [3.05, 3.63) is 0 Å². The van der Waals surface area contributed by atoms with Gasteiger partial charge in [0.15, 0.2) is 0 Å². The molecule has 7 atom stereocenters. The number of aliphatic carboxylic acids is 8. The molecular formula is C27H57N7O18. The van der Waals surface area contributed by atoms with E-state index in [4.69, 9.17) is 79.7 Å². The van der Waals surface area contributed by atoms with Crippen molar-refractivity contribution < 1.29 is 89.4 Å². The highest BCUT2D eigenvalue weighted by atomic mass is 16.4. The van der Waals surface area contributed by atoms with E-state index in [1.807, 2.05) is 0 Å². The van der Waals surface area contributed by atoms with Crippen molar-refractivity contribution in [1.82, 2.24) is 5.32 Å². The lowest BCUT2D eigenvalue weighted by Gasteiger charge is -2.07. The first-order valence-corrected chi connectivity index (χ1v) is 14.9. The fourth-order valence-corrected chi connectivity index (χ4v) is 1.87. The Morgan fingerprint density at radius 2 is 1.04 bits per heavy atom. The number of carboxylic acids is 8. The number of nitrogens with one attached hydrogen (secondary N) is 1. The van der Waals surface area contributed by atoms with Gasteiger partial charge in [0.2, 0.25) is 0 Å². The molecule has 0 bridgehead atoms. The van der Waals surface area contributed by atoms with E-state index >= 15 is 0 Å². The van der Waals surface area contributed by atoms with Crippen molar-refractivity contribution in [2.45, 2.75) is 95.7 Å². The van der Waals surface area contributed by atoms with E-state index in [9.17, 15) is 38.4 Å². The first-order chi connectivity index (χ1) is 23.5. The average Bonchev–Trinajstić information content (AvgIpc) is 3.59. The fraction of sp³-hybridized carbons (Fsp3) is 0.704. The Hall–Kier alpha value is -4.60. The van der Waals surface area contributed by atoms with Crippen molar-refractivity contribution >= 4 is 47.8 Å². The van der Waals surface area contributed by atoms with Crippen LogP contribution in [-0.2, 0) is 38.4 Å². The Balaban J connectivity index is -0.000000120. The first-order valence-electron chi connectivity index (χ1n) is 14.9. The lowest BCUT2D eigenvalue weighted by molar-refractivity contribution is -0.141. The van der Waals surface area contributed by atoms with Gasteiger partial charge in [0.05, 0.1) is 19.3 Å². The minimum atomic E-state index is -1.18. The van der Waals surface area contributed by atoms with E-state index in [1.54, 1.807) is 13.8 Å². The number of rotatable bonds is 13. The van der Waals surface area contributed by atoms with Crippen LogP contribution in [0.25, 0.3) is 0 Å². The van der Waals surface area contributed by atoms with E-state index in [0.717, 1.165) is 19.4 Å². The van der Waals surface area contributed by atoms with Gasteiger partial charge >= 0.3 is 47.8 Å². The van der Waals surface area contributed by atoms with E-state index in [-0.39, 0.29) is 31.3 Å². The van der Waals surface area contributed by atoms with Gasteiger partial charge in [-0.2, -0.15) is 0 Å². The molecule has 0 saturated carbocycles. The summed E-state index contributed by atoms with van der Waals surface area (Å²) in [4.78, 5) is 78.3. The third-order valence-corrected chi connectivity index (χ3v) is 5.23. The summed E-state index contributed by atoms with van der Waals surface area (Å²) in [5, 5.41) is 83.6. The number of aliphatic hydroxyl groups is 2. The Bertz CT molecular complexity index is 1000. The van der Waals surface area contributed by atoms with Gasteiger partial charge in [-0.15, -0.1) is 0 Å². The smallest absolute Gasteiger partial charge is 0.323 e. The molecule has 0 aromatic rings. The zero-order valence-electron chi connectivity index (χ0n) is 29.3. The molecule has 25 heteroatoms. The molecule has 0 spiro atoms. The van der Waals surface area contributed by atoms with Gasteiger partial charge in [-0.25, -0.2) is 0 Å².